The van der Waals surface area contributed by atoms with Gasteiger partial charge in [-0.05, 0) is 82.4 Å². The van der Waals surface area contributed by atoms with E-state index in [-0.39, 0.29) is 5.91 Å². The molecule has 0 aliphatic carbocycles. The van der Waals surface area contributed by atoms with Crippen LogP contribution in [0, 0.1) is 10.8 Å². The monoisotopic (exact) mass is 839 g/mol. The first-order valence-electron chi connectivity index (χ1n) is 20.3. The van der Waals surface area contributed by atoms with Gasteiger partial charge in [0.1, 0.15) is 12.1 Å². The third kappa shape index (κ3) is 15.9. The van der Waals surface area contributed by atoms with Crippen LogP contribution in [0.15, 0.2) is 49.1 Å². The zero-order chi connectivity index (χ0) is 45.6. The minimum Gasteiger partial charge on any atom is -0.480 e. The van der Waals surface area contributed by atoms with Crippen LogP contribution in [-0.4, -0.2) is 122 Å². The van der Waals surface area contributed by atoms with E-state index in [4.69, 9.17) is 10.9 Å². The second-order valence-electron chi connectivity index (χ2n) is 15.3. The number of nitrogens with one attached hydrogen (secondary N) is 3. The number of carbonyl (C=O) groups excluding carboxylic acids is 7. The van der Waals surface area contributed by atoms with Crippen LogP contribution in [0.25, 0.3) is 0 Å². The highest BCUT2D eigenvalue weighted by Gasteiger charge is 2.42. The molecule has 2 aliphatic rings. The number of aromatic nitrogens is 2. The minimum atomic E-state index is -1.03. The Morgan fingerprint density at radius 2 is 1.12 bits per heavy atom. The van der Waals surface area contributed by atoms with E-state index in [9.17, 15) is 38.4 Å². The number of ketones is 2. The van der Waals surface area contributed by atoms with Crippen LogP contribution in [0.4, 0.5) is 0 Å². The number of nitrogen functional groups attached to an aromatic ring is 1. The van der Waals surface area contributed by atoms with Crippen molar-refractivity contribution in [3.05, 3.63) is 60.2 Å². The number of pyridine rings is 2. The summed E-state index contributed by atoms with van der Waals surface area (Å²) in [5, 5.41) is 8.97. The molecule has 2 fully saturated rings. The summed E-state index contributed by atoms with van der Waals surface area (Å²) >= 11 is 0. The summed E-state index contributed by atoms with van der Waals surface area (Å²) in [7, 11) is 0. The Balaban J connectivity index is 0.000000451. The number of nitrogens with two attached hydrogens (primary N) is 1. The van der Waals surface area contributed by atoms with Gasteiger partial charge >= 0.3 is 5.97 Å². The molecule has 60 heavy (non-hydrogen) atoms. The van der Waals surface area contributed by atoms with Crippen molar-refractivity contribution in [1.29, 1.82) is 0 Å². The Labute approximate surface area is 353 Å². The molecule has 0 aromatic carbocycles. The number of hydrazine groups is 2. The summed E-state index contributed by atoms with van der Waals surface area (Å²) in [6, 6.07) is 4.87. The third-order valence-corrected chi connectivity index (χ3v) is 10.6. The molecule has 5 amide bonds. The molecule has 0 saturated carbocycles. The summed E-state index contributed by atoms with van der Waals surface area (Å²) < 4.78 is 0. The van der Waals surface area contributed by atoms with Gasteiger partial charge in [-0.1, -0.05) is 62.3 Å². The number of hydrogen-bond donors (Lipinski definition) is 5. The second kappa shape index (κ2) is 25.8. The Morgan fingerprint density at radius 1 is 0.700 bits per heavy atom. The lowest BCUT2D eigenvalue weighted by Gasteiger charge is -2.27. The van der Waals surface area contributed by atoms with Crippen molar-refractivity contribution >= 4 is 47.1 Å². The van der Waals surface area contributed by atoms with E-state index < -0.39 is 64.1 Å². The number of likely N-dealkylation sites (tertiary alicyclic amines) is 2. The molecule has 2 aromatic heterocycles. The zero-order valence-corrected chi connectivity index (χ0v) is 36.6. The average Bonchev–Trinajstić information content (AvgIpc) is 3.98. The number of hydrogen-bond acceptors (Lipinski definition) is 12. The summed E-state index contributed by atoms with van der Waals surface area (Å²) in [5.74, 6) is 0.204. The van der Waals surface area contributed by atoms with E-state index in [1.54, 1.807) is 58.2 Å². The highest BCUT2D eigenvalue weighted by Crippen LogP contribution is 2.27. The van der Waals surface area contributed by atoms with Gasteiger partial charge in [-0.15, -0.1) is 0 Å². The largest absolute Gasteiger partial charge is 0.480 e. The lowest BCUT2D eigenvalue weighted by atomic mass is 9.84. The number of rotatable bonds is 13. The number of carboxylic acids is 1. The molecule has 2 aliphatic heterocycles. The summed E-state index contributed by atoms with van der Waals surface area (Å²) in [6.07, 6.45) is 9.18. The topological polar surface area (TPSA) is 254 Å². The molecule has 2 atom stereocenters. The number of aliphatic carboxylic acids is 1. The van der Waals surface area contributed by atoms with E-state index >= 15 is 0 Å². The highest BCUT2D eigenvalue weighted by molar-refractivity contribution is 6.38. The minimum absolute atomic E-state index is 0.298. The second-order valence-corrected chi connectivity index (χ2v) is 15.3. The maximum Gasteiger partial charge on any atom is 0.326 e. The van der Waals surface area contributed by atoms with E-state index in [0.29, 0.717) is 62.7 Å². The van der Waals surface area contributed by atoms with Crippen molar-refractivity contribution in [1.82, 2.24) is 40.9 Å². The van der Waals surface area contributed by atoms with Gasteiger partial charge in [0.2, 0.25) is 11.6 Å². The predicted octanol–water partition coefficient (Wildman–Crippen LogP) is 2.94. The zero-order valence-electron chi connectivity index (χ0n) is 36.6. The molecule has 6 N–H and O–H groups in total. The molecule has 2 aromatic rings. The predicted molar refractivity (Wildman–Crippen MR) is 224 cm³/mol. The smallest absolute Gasteiger partial charge is 0.326 e. The fourth-order valence-corrected chi connectivity index (χ4v) is 5.73. The maximum absolute atomic E-state index is 12.5. The number of carbonyl (C=O) groups is 8. The van der Waals surface area contributed by atoms with Crippen molar-refractivity contribution in [2.75, 3.05) is 32.7 Å². The Morgan fingerprint density at radius 3 is 1.47 bits per heavy atom. The van der Waals surface area contributed by atoms with Gasteiger partial charge in [-0.3, -0.25) is 59.8 Å². The number of carboxylic acid groups (broad SMARTS) is 1. The molecule has 4 rings (SSSR count). The van der Waals surface area contributed by atoms with E-state index in [1.165, 1.54) is 48.0 Å². The SMILES string of the molecule is CCC(C)(C)C(=O)C(=O)N1CCC[C@H]1C(=O)NNC(=O)c1cccnc1.CCC(C)(C)C(=O)C(=O)N1CCC[C@H]1C(=O)O.CCN(CC)CC.NNC(=O)c1cccnc1. The molecular weight excluding hydrogens is 775 g/mol. The van der Waals surface area contributed by atoms with Gasteiger partial charge in [0.15, 0.2) is 0 Å². The molecule has 332 valence electrons. The van der Waals surface area contributed by atoms with Gasteiger partial charge in [0.25, 0.3) is 29.5 Å². The molecule has 18 nitrogen and oxygen atoms in total. The summed E-state index contributed by atoms with van der Waals surface area (Å²) in [6.45, 7) is 21.4. The van der Waals surface area contributed by atoms with Crippen LogP contribution in [-0.2, 0) is 28.8 Å². The number of nitrogens with zero attached hydrogens (tertiary/aromatic N) is 5. The first kappa shape index (κ1) is 52.4. The molecule has 18 heteroatoms. The first-order valence-corrected chi connectivity index (χ1v) is 20.3. The van der Waals surface area contributed by atoms with Crippen molar-refractivity contribution in [3.8, 4) is 0 Å². The maximum atomic E-state index is 12.5. The van der Waals surface area contributed by atoms with Gasteiger partial charge in [-0.2, -0.15) is 0 Å². The van der Waals surface area contributed by atoms with Gasteiger partial charge in [0.05, 0.1) is 11.1 Å². The Kier molecular flexibility index (Phi) is 22.5. The van der Waals surface area contributed by atoms with Crippen LogP contribution >= 0.6 is 0 Å². The summed E-state index contributed by atoms with van der Waals surface area (Å²) in [4.78, 5) is 107. The van der Waals surface area contributed by atoms with E-state index in [0.717, 1.165) is 0 Å². The van der Waals surface area contributed by atoms with Crippen molar-refractivity contribution < 1.29 is 43.5 Å². The Hall–Kier alpha value is -5.62. The molecule has 4 heterocycles. The normalized spacial score (nSPS) is 15.8. The molecule has 2 saturated heterocycles. The van der Waals surface area contributed by atoms with Gasteiger partial charge < -0.3 is 19.8 Å². The molecule has 0 bridgehead atoms. The quantitative estimate of drug-likeness (QED) is 0.0843. The third-order valence-electron chi connectivity index (χ3n) is 10.6. The van der Waals surface area contributed by atoms with Crippen molar-refractivity contribution in [3.63, 3.8) is 0 Å². The standard InChI is InChI=1S/C18H24N4O4.C12H19NO4.C6H7N3O.C6H15N/c1-4-18(2,3)14(23)17(26)22-10-6-8-13(22)16(25)21-20-15(24)12-7-5-9-19-11-12;1-4-12(2,3)9(14)10(15)13-7-5-6-8(13)11(16)17;7-9-6(10)5-2-1-3-8-4-5;1-4-7(5-2)6-3/h5,7,9,11,13H,4,6,8,10H2,1-3H3,(H,20,24)(H,21,25);8H,4-7H2,1-3H3,(H,16,17);1-4H,7H2,(H,9,10);4-6H2,1-3H3/t13-;8-;;/m00../s1. The molecular formula is C42H65N9O9. The van der Waals surface area contributed by atoms with Crippen LogP contribution in [0.2, 0.25) is 0 Å². The lowest BCUT2D eigenvalue weighted by Crippen LogP contribution is -2.53. The Bertz CT molecular complexity index is 1730. The fourth-order valence-electron chi connectivity index (χ4n) is 5.73. The van der Waals surface area contributed by atoms with Crippen LogP contribution < -0.4 is 22.1 Å². The first-order chi connectivity index (χ1) is 28.3. The van der Waals surface area contributed by atoms with Gasteiger partial charge in [-0.25, -0.2) is 10.6 Å². The van der Waals surface area contributed by atoms with Crippen molar-refractivity contribution in [2.45, 2.75) is 113 Å². The molecule has 0 radical (unpaired) electrons. The van der Waals surface area contributed by atoms with Crippen LogP contribution in [0.1, 0.15) is 122 Å². The fraction of sp³-hybridized carbons (Fsp3) is 0.571. The number of Topliss-reactive ketones (excluding diaryl/α,β-unsaturated/α-hetero) is 2. The van der Waals surface area contributed by atoms with Crippen LogP contribution in [0.5, 0.6) is 0 Å². The van der Waals surface area contributed by atoms with E-state index in [2.05, 4.69) is 46.5 Å². The molecule has 0 unspecified atom stereocenters. The average molecular weight is 840 g/mol. The highest BCUT2D eigenvalue weighted by atomic mass is 16.4. The number of amides is 5. The van der Waals surface area contributed by atoms with E-state index in [1.807, 2.05) is 19.3 Å². The van der Waals surface area contributed by atoms with Crippen LogP contribution in [0.3, 0.4) is 0 Å². The summed E-state index contributed by atoms with van der Waals surface area (Å²) in [5.41, 5.74) is 5.91. The lowest BCUT2D eigenvalue weighted by molar-refractivity contribution is -0.154. The van der Waals surface area contributed by atoms with Gasteiger partial charge in [0, 0.05) is 48.7 Å². The molecule has 0 spiro atoms. The van der Waals surface area contributed by atoms with Crippen molar-refractivity contribution in [2.24, 2.45) is 16.7 Å².